The van der Waals surface area contributed by atoms with E-state index in [2.05, 4.69) is 0 Å². The van der Waals surface area contributed by atoms with Crippen molar-refractivity contribution in [2.24, 2.45) is 5.41 Å². The van der Waals surface area contributed by atoms with Crippen molar-refractivity contribution >= 4 is 6.08 Å². The van der Waals surface area contributed by atoms with E-state index in [4.69, 9.17) is 9.84 Å². The molecule has 1 aromatic rings. The van der Waals surface area contributed by atoms with Gasteiger partial charge in [0.05, 0.1) is 19.8 Å². The summed E-state index contributed by atoms with van der Waals surface area (Å²) < 4.78 is 5.46. The van der Waals surface area contributed by atoms with Gasteiger partial charge in [0.15, 0.2) is 0 Å². The number of aliphatic hydroxyl groups is 1. The first-order valence-electron chi connectivity index (χ1n) is 5.54. The molecule has 0 amide bonds. The topological polar surface area (TPSA) is 29.5 Å². The molecule has 1 rings (SSSR count). The molecule has 0 atom stereocenters. The van der Waals surface area contributed by atoms with Crippen molar-refractivity contribution in [3.8, 4) is 0 Å². The lowest BCUT2D eigenvalue weighted by molar-refractivity contribution is 0.0406. The van der Waals surface area contributed by atoms with Crippen molar-refractivity contribution in [2.75, 3.05) is 19.8 Å². The quantitative estimate of drug-likeness (QED) is 0.747. The molecule has 0 unspecified atom stereocenters. The molecule has 0 saturated heterocycles. The minimum absolute atomic E-state index is 0.148. The maximum Gasteiger partial charge on any atom is 0.0650 e. The maximum atomic E-state index is 9.03. The summed E-state index contributed by atoms with van der Waals surface area (Å²) in [5, 5.41) is 9.03. The Labute approximate surface area is 97.6 Å². The zero-order chi connectivity index (χ0) is 11.9. The Balaban J connectivity index is 2.24. The van der Waals surface area contributed by atoms with Crippen LogP contribution in [0.1, 0.15) is 19.4 Å². The van der Waals surface area contributed by atoms with E-state index in [1.807, 2.05) is 56.3 Å². The summed E-state index contributed by atoms with van der Waals surface area (Å²) in [4.78, 5) is 0. The highest BCUT2D eigenvalue weighted by Crippen LogP contribution is 2.13. The van der Waals surface area contributed by atoms with Crippen LogP contribution in [0.4, 0.5) is 0 Å². The van der Waals surface area contributed by atoms with Crippen LogP contribution in [0, 0.1) is 5.41 Å². The van der Waals surface area contributed by atoms with Gasteiger partial charge < -0.3 is 9.84 Å². The number of rotatable bonds is 6. The molecule has 0 bridgehead atoms. The fraction of sp³-hybridized carbons (Fsp3) is 0.429. The third-order valence-electron chi connectivity index (χ3n) is 2.24. The van der Waals surface area contributed by atoms with Crippen molar-refractivity contribution in [3.63, 3.8) is 0 Å². The molecule has 0 saturated carbocycles. The first-order valence-corrected chi connectivity index (χ1v) is 5.54. The van der Waals surface area contributed by atoms with Crippen molar-refractivity contribution in [1.29, 1.82) is 0 Å². The molecule has 88 valence electrons. The third-order valence-corrected chi connectivity index (χ3v) is 2.24. The van der Waals surface area contributed by atoms with Crippen LogP contribution in [0.25, 0.3) is 6.08 Å². The van der Waals surface area contributed by atoms with Gasteiger partial charge in [-0.05, 0) is 5.56 Å². The molecule has 2 nitrogen and oxygen atoms in total. The lowest BCUT2D eigenvalue weighted by Gasteiger charge is -2.20. The average molecular weight is 220 g/mol. The van der Waals surface area contributed by atoms with E-state index in [0.29, 0.717) is 13.2 Å². The number of hydrogen-bond acceptors (Lipinski definition) is 2. The van der Waals surface area contributed by atoms with E-state index in [1.165, 1.54) is 5.56 Å². The molecule has 1 N–H and O–H groups in total. The van der Waals surface area contributed by atoms with E-state index >= 15 is 0 Å². The van der Waals surface area contributed by atoms with Gasteiger partial charge >= 0.3 is 0 Å². The molecule has 0 heterocycles. The smallest absolute Gasteiger partial charge is 0.0650 e. The molecule has 1 aromatic carbocycles. The van der Waals surface area contributed by atoms with Crippen LogP contribution in [0.5, 0.6) is 0 Å². The van der Waals surface area contributed by atoms with Crippen molar-refractivity contribution in [3.05, 3.63) is 42.0 Å². The lowest BCUT2D eigenvalue weighted by atomic mass is 9.97. The second kappa shape index (κ2) is 6.46. The van der Waals surface area contributed by atoms with Gasteiger partial charge in [0.25, 0.3) is 0 Å². The molecule has 0 aliphatic carbocycles. The Morgan fingerprint density at radius 1 is 1.25 bits per heavy atom. The zero-order valence-electron chi connectivity index (χ0n) is 10.0. The summed E-state index contributed by atoms with van der Waals surface area (Å²) in [5.74, 6) is 0. The monoisotopic (exact) mass is 220 g/mol. The minimum Gasteiger partial charge on any atom is -0.396 e. The van der Waals surface area contributed by atoms with Gasteiger partial charge in [-0.3, -0.25) is 0 Å². The summed E-state index contributed by atoms with van der Waals surface area (Å²) >= 11 is 0. The summed E-state index contributed by atoms with van der Waals surface area (Å²) in [6, 6.07) is 10.1. The van der Waals surface area contributed by atoms with Gasteiger partial charge in [-0.15, -0.1) is 0 Å². The standard InChI is InChI=1S/C14H20O2/c1-14(2,11-15)12-16-10-6-9-13-7-4-3-5-8-13/h3-9,15H,10-12H2,1-2H3. The molecule has 0 aromatic heterocycles. The van der Waals surface area contributed by atoms with Crippen LogP contribution in [-0.4, -0.2) is 24.9 Å². The van der Waals surface area contributed by atoms with Crippen molar-refractivity contribution in [2.45, 2.75) is 13.8 Å². The van der Waals surface area contributed by atoms with Gasteiger partial charge in [-0.1, -0.05) is 56.3 Å². The maximum absolute atomic E-state index is 9.03. The van der Waals surface area contributed by atoms with Crippen LogP contribution in [0.3, 0.4) is 0 Å². The molecular weight excluding hydrogens is 200 g/mol. The van der Waals surface area contributed by atoms with E-state index in [9.17, 15) is 0 Å². The average Bonchev–Trinajstić information content (AvgIpc) is 2.30. The van der Waals surface area contributed by atoms with Crippen LogP contribution < -0.4 is 0 Å². The largest absolute Gasteiger partial charge is 0.396 e. The second-order valence-corrected chi connectivity index (χ2v) is 4.65. The molecule has 0 radical (unpaired) electrons. The van der Waals surface area contributed by atoms with E-state index in [0.717, 1.165) is 0 Å². The molecule has 0 fully saturated rings. The first kappa shape index (κ1) is 12.9. The Kier molecular flexibility index (Phi) is 5.23. The fourth-order valence-corrected chi connectivity index (χ4v) is 1.20. The number of benzene rings is 1. The van der Waals surface area contributed by atoms with Crippen LogP contribution in [-0.2, 0) is 4.74 Å². The number of aliphatic hydroxyl groups excluding tert-OH is 1. The van der Waals surface area contributed by atoms with Crippen molar-refractivity contribution in [1.82, 2.24) is 0 Å². The fourth-order valence-electron chi connectivity index (χ4n) is 1.20. The number of hydrogen-bond donors (Lipinski definition) is 1. The summed E-state index contributed by atoms with van der Waals surface area (Å²) in [6.45, 7) is 5.26. The molecule has 0 aliphatic heterocycles. The number of ether oxygens (including phenoxy) is 1. The van der Waals surface area contributed by atoms with Crippen LogP contribution in [0.15, 0.2) is 36.4 Å². The normalized spacial score (nSPS) is 12.2. The van der Waals surface area contributed by atoms with Crippen LogP contribution in [0.2, 0.25) is 0 Å². The molecule has 16 heavy (non-hydrogen) atoms. The van der Waals surface area contributed by atoms with E-state index < -0.39 is 0 Å². The van der Waals surface area contributed by atoms with Gasteiger partial charge in [-0.2, -0.15) is 0 Å². The molecule has 0 aliphatic rings. The predicted octanol–water partition coefficient (Wildman–Crippen LogP) is 2.73. The summed E-state index contributed by atoms with van der Waals surface area (Å²) in [6.07, 6.45) is 4.02. The van der Waals surface area contributed by atoms with Gasteiger partial charge in [0, 0.05) is 5.41 Å². The molecular formula is C14H20O2. The molecule has 0 spiro atoms. The Morgan fingerprint density at radius 3 is 2.56 bits per heavy atom. The summed E-state index contributed by atoms with van der Waals surface area (Å²) in [7, 11) is 0. The van der Waals surface area contributed by atoms with Crippen LogP contribution >= 0.6 is 0 Å². The molecule has 2 heteroatoms. The SMILES string of the molecule is CC(C)(CO)COCC=Cc1ccccc1. The second-order valence-electron chi connectivity index (χ2n) is 4.65. The highest BCUT2D eigenvalue weighted by Gasteiger charge is 2.15. The Morgan fingerprint density at radius 2 is 1.94 bits per heavy atom. The third kappa shape index (κ3) is 5.10. The van der Waals surface area contributed by atoms with E-state index in [1.54, 1.807) is 0 Å². The van der Waals surface area contributed by atoms with Gasteiger partial charge in [0.2, 0.25) is 0 Å². The minimum atomic E-state index is -0.152. The Hall–Kier alpha value is -1.12. The van der Waals surface area contributed by atoms with Gasteiger partial charge in [-0.25, -0.2) is 0 Å². The first-order chi connectivity index (χ1) is 7.64. The lowest BCUT2D eigenvalue weighted by Crippen LogP contribution is -2.23. The van der Waals surface area contributed by atoms with Gasteiger partial charge in [0.1, 0.15) is 0 Å². The predicted molar refractivity (Wildman–Crippen MR) is 67.2 cm³/mol. The zero-order valence-corrected chi connectivity index (χ0v) is 10.0. The highest BCUT2D eigenvalue weighted by molar-refractivity contribution is 5.48. The summed E-state index contributed by atoms with van der Waals surface area (Å²) in [5.41, 5.74) is 1.02. The van der Waals surface area contributed by atoms with Crippen molar-refractivity contribution < 1.29 is 9.84 Å². The highest BCUT2D eigenvalue weighted by atomic mass is 16.5. The van der Waals surface area contributed by atoms with E-state index in [-0.39, 0.29) is 12.0 Å². The Bertz CT molecular complexity index is 315.